The number of para-hydroxylation sites is 1. The van der Waals surface area contributed by atoms with Crippen molar-refractivity contribution in [2.75, 3.05) is 32.3 Å². The summed E-state index contributed by atoms with van der Waals surface area (Å²) in [5, 5.41) is 7.59. The molecule has 0 atom stereocenters. The normalized spacial score (nSPS) is 12.8. The van der Waals surface area contributed by atoms with E-state index in [1.807, 2.05) is 72.9 Å². The zero-order chi connectivity index (χ0) is 25.8. The molecule has 4 aromatic rings. The Hall–Kier alpha value is -4.79. The molecule has 0 radical (unpaired) electrons. The molecule has 9 nitrogen and oxygen atoms in total. The Morgan fingerprint density at radius 1 is 0.973 bits per heavy atom. The van der Waals surface area contributed by atoms with Crippen molar-refractivity contribution in [3.8, 4) is 28.3 Å². The minimum Gasteiger partial charge on any atom is -0.493 e. The van der Waals surface area contributed by atoms with Gasteiger partial charge in [0, 0.05) is 24.0 Å². The van der Waals surface area contributed by atoms with Crippen LogP contribution in [-0.4, -0.2) is 49.2 Å². The van der Waals surface area contributed by atoms with Crippen molar-refractivity contribution >= 4 is 17.7 Å². The second-order valence-electron chi connectivity index (χ2n) is 8.36. The highest BCUT2D eigenvalue weighted by molar-refractivity contribution is 5.99. The molecule has 1 aliphatic rings. The second-order valence-corrected chi connectivity index (χ2v) is 8.36. The molecular formula is C28H26N4O5. The van der Waals surface area contributed by atoms with Crippen LogP contribution < -0.4 is 19.7 Å². The third-order valence-corrected chi connectivity index (χ3v) is 6.08. The molecule has 188 valence electrons. The van der Waals surface area contributed by atoms with Crippen molar-refractivity contribution in [3.05, 3.63) is 90.3 Å². The van der Waals surface area contributed by atoms with Gasteiger partial charge < -0.3 is 19.5 Å². The molecule has 2 amide bonds. The zero-order valence-electron chi connectivity index (χ0n) is 20.5. The quantitative estimate of drug-likeness (QED) is 0.386. The van der Waals surface area contributed by atoms with Gasteiger partial charge in [-0.05, 0) is 47.5 Å². The van der Waals surface area contributed by atoms with Gasteiger partial charge in [-0.25, -0.2) is 9.48 Å². The van der Waals surface area contributed by atoms with Crippen molar-refractivity contribution in [1.82, 2.24) is 15.1 Å². The molecule has 2 heterocycles. The van der Waals surface area contributed by atoms with E-state index >= 15 is 0 Å². The number of nitrogens with one attached hydrogen (secondary N) is 1. The highest BCUT2D eigenvalue weighted by Crippen LogP contribution is 2.34. The fraction of sp³-hybridized carbons (Fsp3) is 0.179. The molecule has 0 saturated carbocycles. The number of cyclic esters (lactones) is 1. The Labute approximate surface area is 214 Å². The number of nitrogens with zero attached hydrogens (tertiary/aromatic N) is 3. The lowest BCUT2D eigenvalue weighted by Gasteiger charge is -2.14. The van der Waals surface area contributed by atoms with Gasteiger partial charge in [-0.15, -0.1) is 0 Å². The number of amides is 2. The van der Waals surface area contributed by atoms with Crippen molar-refractivity contribution in [2.24, 2.45) is 0 Å². The summed E-state index contributed by atoms with van der Waals surface area (Å²) in [4.78, 5) is 26.9. The fourth-order valence-electron chi connectivity index (χ4n) is 4.20. The van der Waals surface area contributed by atoms with Crippen LogP contribution in [0.1, 0.15) is 16.1 Å². The molecule has 0 unspecified atom stereocenters. The predicted molar refractivity (Wildman–Crippen MR) is 138 cm³/mol. The van der Waals surface area contributed by atoms with Crippen LogP contribution in [0.4, 0.5) is 10.5 Å². The first-order valence-corrected chi connectivity index (χ1v) is 11.8. The molecule has 0 spiro atoms. The summed E-state index contributed by atoms with van der Waals surface area (Å²) in [6.45, 7) is 1.13. The summed E-state index contributed by atoms with van der Waals surface area (Å²) in [5.74, 6) is 0.816. The SMILES string of the molecule is COc1ccc(-c2cn(-c3ccccc3)nc2C(=O)NCc2cccc(N3CCOC3=O)c2)cc1OC. The molecule has 5 rings (SSSR count). The molecule has 0 bridgehead atoms. The molecule has 3 aromatic carbocycles. The summed E-state index contributed by atoms with van der Waals surface area (Å²) in [6, 6.07) is 22.5. The van der Waals surface area contributed by atoms with Crippen LogP contribution in [0.3, 0.4) is 0 Å². The average Bonchev–Trinajstić information content (AvgIpc) is 3.59. The van der Waals surface area contributed by atoms with E-state index in [0.717, 1.165) is 22.5 Å². The Morgan fingerprint density at radius 2 is 1.76 bits per heavy atom. The Morgan fingerprint density at radius 3 is 2.49 bits per heavy atom. The van der Waals surface area contributed by atoms with Crippen LogP contribution in [0, 0.1) is 0 Å². The molecule has 1 aliphatic heterocycles. The first kappa shape index (κ1) is 23.9. The van der Waals surface area contributed by atoms with E-state index in [2.05, 4.69) is 10.4 Å². The molecule has 1 fully saturated rings. The summed E-state index contributed by atoms with van der Waals surface area (Å²) >= 11 is 0. The third kappa shape index (κ3) is 4.97. The van der Waals surface area contributed by atoms with Crippen molar-refractivity contribution in [2.45, 2.75) is 6.54 Å². The number of ether oxygens (including phenoxy) is 3. The number of aromatic nitrogens is 2. The third-order valence-electron chi connectivity index (χ3n) is 6.08. The minimum atomic E-state index is -0.368. The largest absolute Gasteiger partial charge is 0.493 e. The van der Waals surface area contributed by atoms with E-state index in [-0.39, 0.29) is 24.2 Å². The minimum absolute atomic E-state index is 0.263. The van der Waals surface area contributed by atoms with E-state index in [4.69, 9.17) is 14.2 Å². The molecule has 1 aromatic heterocycles. The monoisotopic (exact) mass is 498 g/mol. The van der Waals surface area contributed by atoms with Gasteiger partial charge in [0.05, 0.1) is 26.5 Å². The molecule has 37 heavy (non-hydrogen) atoms. The molecule has 9 heteroatoms. The Bertz CT molecular complexity index is 1430. The molecule has 1 saturated heterocycles. The van der Waals surface area contributed by atoms with Crippen LogP contribution in [0.5, 0.6) is 11.5 Å². The van der Waals surface area contributed by atoms with Gasteiger partial charge in [-0.1, -0.05) is 36.4 Å². The number of hydrogen-bond acceptors (Lipinski definition) is 6. The van der Waals surface area contributed by atoms with E-state index in [1.54, 1.807) is 29.9 Å². The van der Waals surface area contributed by atoms with Gasteiger partial charge in [-0.3, -0.25) is 9.69 Å². The van der Waals surface area contributed by atoms with Crippen LogP contribution in [-0.2, 0) is 11.3 Å². The average molecular weight is 499 g/mol. The topological polar surface area (TPSA) is 94.9 Å². The highest BCUT2D eigenvalue weighted by atomic mass is 16.6. The number of benzene rings is 3. The van der Waals surface area contributed by atoms with E-state index in [1.165, 1.54) is 0 Å². The van der Waals surface area contributed by atoms with Gasteiger partial charge in [0.15, 0.2) is 17.2 Å². The number of rotatable bonds is 8. The summed E-state index contributed by atoms with van der Waals surface area (Å²) in [5.41, 5.74) is 4.09. The summed E-state index contributed by atoms with van der Waals surface area (Å²) in [7, 11) is 3.14. The van der Waals surface area contributed by atoms with Crippen LogP contribution >= 0.6 is 0 Å². The molecule has 1 N–H and O–H groups in total. The lowest BCUT2D eigenvalue weighted by molar-refractivity contribution is 0.0946. The molecular weight excluding hydrogens is 472 g/mol. The van der Waals surface area contributed by atoms with E-state index in [9.17, 15) is 9.59 Å². The summed E-state index contributed by atoms with van der Waals surface area (Å²) < 4.78 is 17.5. The number of anilines is 1. The highest BCUT2D eigenvalue weighted by Gasteiger charge is 2.24. The maximum absolute atomic E-state index is 13.4. The smallest absolute Gasteiger partial charge is 0.414 e. The number of carbonyl (C=O) groups is 2. The standard InChI is InChI=1S/C28H26N4O5/c1-35-24-12-11-20(16-25(24)36-2)23-18-32(21-8-4-3-5-9-21)30-26(23)27(33)29-17-19-7-6-10-22(15-19)31-13-14-37-28(31)34/h3-12,15-16,18H,13-14,17H2,1-2H3,(H,29,33). The van der Waals surface area contributed by atoms with Gasteiger partial charge in [-0.2, -0.15) is 5.10 Å². The van der Waals surface area contributed by atoms with Crippen molar-refractivity contribution in [1.29, 1.82) is 0 Å². The van der Waals surface area contributed by atoms with Crippen molar-refractivity contribution in [3.63, 3.8) is 0 Å². The van der Waals surface area contributed by atoms with Crippen LogP contribution in [0.15, 0.2) is 79.0 Å². The lowest BCUT2D eigenvalue weighted by Crippen LogP contribution is -2.25. The van der Waals surface area contributed by atoms with Crippen LogP contribution in [0.25, 0.3) is 16.8 Å². The number of carbonyl (C=O) groups excluding carboxylic acids is 2. The summed E-state index contributed by atoms with van der Waals surface area (Å²) in [6.07, 6.45) is 1.46. The van der Waals surface area contributed by atoms with Gasteiger partial charge >= 0.3 is 6.09 Å². The predicted octanol–water partition coefficient (Wildman–Crippen LogP) is 4.44. The first-order valence-electron chi connectivity index (χ1n) is 11.8. The second kappa shape index (κ2) is 10.4. The van der Waals surface area contributed by atoms with Crippen molar-refractivity contribution < 1.29 is 23.8 Å². The van der Waals surface area contributed by atoms with Gasteiger partial charge in [0.1, 0.15) is 6.61 Å². The molecule has 0 aliphatic carbocycles. The van der Waals surface area contributed by atoms with E-state index < -0.39 is 0 Å². The van der Waals surface area contributed by atoms with Gasteiger partial charge in [0.25, 0.3) is 5.91 Å². The van der Waals surface area contributed by atoms with Gasteiger partial charge in [0.2, 0.25) is 0 Å². The fourth-order valence-corrected chi connectivity index (χ4v) is 4.20. The zero-order valence-corrected chi connectivity index (χ0v) is 20.5. The maximum Gasteiger partial charge on any atom is 0.414 e. The van der Waals surface area contributed by atoms with E-state index in [0.29, 0.717) is 30.2 Å². The number of methoxy groups -OCH3 is 2. The first-order chi connectivity index (χ1) is 18.1. The maximum atomic E-state index is 13.4. The Balaban J connectivity index is 1.44. The Kier molecular flexibility index (Phi) is 6.76. The lowest BCUT2D eigenvalue weighted by atomic mass is 10.1. The number of hydrogen-bond donors (Lipinski definition) is 1. The van der Waals surface area contributed by atoms with Crippen LogP contribution in [0.2, 0.25) is 0 Å².